The highest BCUT2D eigenvalue weighted by atomic mass is 15.0. The quantitative estimate of drug-likeness (QED) is 0.123. The van der Waals surface area contributed by atoms with E-state index in [-0.39, 0.29) is 0 Å². The fourth-order valence-corrected chi connectivity index (χ4v) is 22.3. The van der Waals surface area contributed by atoms with E-state index in [1.54, 1.807) is 0 Å². The molecule has 128 heavy (non-hydrogen) atoms. The molecule has 0 spiro atoms. The minimum atomic E-state index is 1.12. The lowest BCUT2D eigenvalue weighted by Gasteiger charge is -2.13. The van der Waals surface area contributed by atoms with Crippen LogP contribution in [0.2, 0.25) is 0 Å². The van der Waals surface area contributed by atoms with Crippen LogP contribution in [0, 0.1) is 0 Å². The Hall–Kier alpha value is -16.9. The molecule has 0 amide bonds. The fraction of sp³-hybridized carbons (Fsp3) is 0. The van der Waals surface area contributed by atoms with Gasteiger partial charge in [-0.25, -0.2) is 0 Å². The summed E-state index contributed by atoms with van der Waals surface area (Å²) in [6, 6.07) is 168. The van der Waals surface area contributed by atoms with E-state index in [9.17, 15) is 0 Å². The fourth-order valence-electron chi connectivity index (χ4n) is 22.3. The molecule has 4 heteroatoms. The summed E-state index contributed by atoms with van der Waals surface area (Å²) < 4.78 is 9.87. The van der Waals surface area contributed by atoms with Gasteiger partial charge < -0.3 is 18.3 Å². The predicted octanol–water partition coefficient (Wildman–Crippen LogP) is 33.7. The summed E-state index contributed by atoms with van der Waals surface area (Å²) in [6.45, 7) is 0. The van der Waals surface area contributed by atoms with Crippen LogP contribution < -0.4 is 0 Å². The minimum Gasteiger partial charge on any atom is -0.309 e. The van der Waals surface area contributed by atoms with E-state index in [1.165, 1.54) is 253 Å². The highest BCUT2D eigenvalue weighted by molar-refractivity contribution is 6.23. The van der Waals surface area contributed by atoms with Crippen molar-refractivity contribution in [3.63, 3.8) is 0 Å². The van der Waals surface area contributed by atoms with Crippen molar-refractivity contribution >= 4 is 130 Å². The van der Waals surface area contributed by atoms with Gasteiger partial charge in [0.15, 0.2) is 0 Å². The van der Waals surface area contributed by atoms with Crippen molar-refractivity contribution in [2.24, 2.45) is 0 Å². The lowest BCUT2D eigenvalue weighted by atomic mass is 9.95. The summed E-state index contributed by atoms with van der Waals surface area (Å²) in [6.07, 6.45) is 0. The maximum atomic E-state index is 2.52. The van der Waals surface area contributed by atoms with E-state index < -0.39 is 0 Å². The molecule has 0 fully saturated rings. The summed E-state index contributed by atoms with van der Waals surface area (Å²) in [5.74, 6) is 0. The summed E-state index contributed by atoms with van der Waals surface area (Å²) in [7, 11) is 0. The van der Waals surface area contributed by atoms with Crippen molar-refractivity contribution in [2.75, 3.05) is 0 Å². The number of para-hydroxylation sites is 3. The number of nitrogens with zero attached hydrogens (tertiary/aromatic N) is 4. The van der Waals surface area contributed by atoms with Gasteiger partial charge in [-0.2, -0.15) is 0 Å². The number of hydrogen-bond acceptors (Lipinski definition) is 0. The molecule has 4 nitrogen and oxygen atoms in total. The van der Waals surface area contributed by atoms with Crippen molar-refractivity contribution < 1.29 is 0 Å². The van der Waals surface area contributed by atoms with Gasteiger partial charge in [-0.3, -0.25) is 0 Å². The normalized spacial score (nSPS) is 12.2. The molecule has 22 aromatic carbocycles. The first-order valence-corrected chi connectivity index (χ1v) is 44.4. The van der Waals surface area contributed by atoms with Gasteiger partial charge in [0.05, 0.1) is 44.1 Å². The highest BCUT2D eigenvalue weighted by Gasteiger charge is 2.28. The summed E-state index contributed by atoms with van der Waals surface area (Å²) in [4.78, 5) is 0. The molecule has 4 heterocycles. The second-order valence-electron chi connectivity index (χ2n) is 35.0. The van der Waals surface area contributed by atoms with Crippen molar-refractivity contribution in [1.82, 2.24) is 18.3 Å². The average Bonchev–Trinajstić information content (AvgIpc) is 1.84. The zero-order valence-corrected chi connectivity index (χ0v) is 69.5. The SMILES string of the molecule is c1ccc(-n2c3ccc(-c4ccc5c(c4)c4ccccc4n5-c4cccc(-c5ccc(-c6ccc7c(c6)-c6cccc8cc(-c9cccc(-n%10c%11ccccc%11c%11cc(-c%12ccc%13c%14ccc%15ccccc%15c%14n(-c%14cccc(-c%15ccc(-c%16ccc%17c(c%16)-c%16cccc%18cccc-%17c%16%18)cc%15)c%14)c%13c%12)ccc%11%10)c9)cc-7c68)cc5)c4)cc3c3ccc4ccccc4c32)cc1. The first kappa shape index (κ1) is 70.6. The van der Waals surface area contributed by atoms with Crippen LogP contribution in [0.15, 0.2) is 449 Å². The summed E-state index contributed by atoms with van der Waals surface area (Å²) >= 11 is 0. The topological polar surface area (TPSA) is 19.7 Å². The van der Waals surface area contributed by atoms with Crippen LogP contribution in [0.25, 0.3) is 275 Å². The number of rotatable bonds is 11. The molecule has 4 aromatic heterocycles. The second-order valence-corrected chi connectivity index (χ2v) is 35.0. The molecule has 0 atom stereocenters. The number of fused-ring (bicyclic) bond motifs is 22. The van der Waals surface area contributed by atoms with Gasteiger partial charge in [0.1, 0.15) is 0 Å². The Kier molecular flexibility index (Phi) is 15.1. The van der Waals surface area contributed by atoms with Crippen LogP contribution in [-0.4, -0.2) is 18.3 Å². The molecule has 26 aromatic rings. The predicted molar refractivity (Wildman–Crippen MR) is 541 cm³/mol. The van der Waals surface area contributed by atoms with Crippen LogP contribution in [0.4, 0.5) is 0 Å². The van der Waals surface area contributed by atoms with E-state index in [2.05, 4.69) is 467 Å². The van der Waals surface area contributed by atoms with Gasteiger partial charge in [0.25, 0.3) is 0 Å². The van der Waals surface area contributed by atoms with Crippen LogP contribution in [0.1, 0.15) is 0 Å². The third-order valence-corrected chi connectivity index (χ3v) is 28.2. The third kappa shape index (κ3) is 10.6. The van der Waals surface area contributed by atoms with Crippen molar-refractivity contribution in [3.05, 3.63) is 449 Å². The summed E-state index contributed by atoms with van der Waals surface area (Å²) in [5.41, 5.74) is 41.0. The standard InChI is InChI=1S/C124H74N4/c1-2-26-93(27-3-1)127-119-63-55-88(72-113(119)108-60-49-80-19-5-7-32-98(80)124(108)127)87-53-61-117-111(70-87)101-33-8-10-38-115(101)125(117)94-28-12-22-82(65-94)75-40-44-78(45-41-75)86-51-57-100-110(69-86)106-37-17-25-91-64-92(73-114(100)122(91)106)84-24-14-29-95(67-84)126-116-39-11-9-34-102(116)112-71-89(54-62-118(112)126)90-52-58-103-107-59-48-79-18-4-6-31-97(79)123(107)128(120(103)74-90)96-30-13-23-83(66-96)76-42-46-77(47-43-76)85-50-56-99-104-35-15-20-81-21-16-36-105(121(81)104)109(99)68-85/h1-74H. The Morgan fingerprint density at radius 1 is 0.117 bits per heavy atom. The van der Waals surface area contributed by atoms with Crippen LogP contribution in [-0.2, 0) is 0 Å². The summed E-state index contributed by atoms with van der Waals surface area (Å²) in [5, 5.41) is 20.0. The molecule has 0 radical (unpaired) electrons. The number of aromatic nitrogens is 4. The molecule has 590 valence electrons. The number of benzene rings is 22. The Labute approximate surface area is 737 Å². The molecule has 28 rings (SSSR count). The van der Waals surface area contributed by atoms with Crippen molar-refractivity contribution in [1.29, 1.82) is 0 Å². The lowest BCUT2D eigenvalue weighted by molar-refractivity contribution is 1.18. The largest absolute Gasteiger partial charge is 0.309 e. The Morgan fingerprint density at radius 2 is 0.438 bits per heavy atom. The molecule has 2 aliphatic rings. The van der Waals surface area contributed by atoms with Gasteiger partial charge >= 0.3 is 0 Å². The molecule has 0 saturated carbocycles. The monoisotopic (exact) mass is 1620 g/mol. The molecule has 0 aliphatic heterocycles. The molecule has 0 bridgehead atoms. The van der Waals surface area contributed by atoms with Gasteiger partial charge in [-0.1, -0.05) is 322 Å². The second kappa shape index (κ2) is 27.3. The molecular weight excluding hydrogens is 1550 g/mol. The average molecular weight is 1620 g/mol. The highest BCUT2D eigenvalue weighted by Crippen LogP contribution is 2.53. The first-order valence-electron chi connectivity index (χ1n) is 44.4. The smallest absolute Gasteiger partial charge is 0.0619 e. The Morgan fingerprint density at radius 3 is 0.969 bits per heavy atom. The molecule has 0 N–H and O–H groups in total. The van der Waals surface area contributed by atoms with E-state index >= 15 is 0 Å². The maximum absolute atomic E-state index is 2.52. The van der Waals surface area contributed by atoms with Crippen LogP contribution in [0.3, 0.4) is 0 Å². The van der Waals surface area contributed by atoms with Crippen LogP contribution >= 0.6 is 0 Å². The zero-order chi connectivity index (χ0) is 83.5. The van der Waals surface area contributed by atoms with Gasteiger partial charge in [-0.15, -0.1) is 0 Å². The van der Waals surface area contributed by atoms with E-state index in [4.69, 9.17) is 0 Å². The van der Waals surface area contributed by atoms with Gasteiger partial charge in [-0.05, 0) is 282 Å². The van der Waals surface area contributed by atoms with E-state index in [0.29, 0.717) is 0 Å². The first-order chi connectivity index (χ1) is 63.4. The van der Waals surface area contributed by atoms with Gasteiger partial charge in [0.2, 0.25) is 0 Å². The van der Waals surface area contributed by atoms with Crippen LogP contribution in [0.5, 0.6) is 0 Å². The lowest BCUT2D eigenvalue weighted by Crippen LogP contribution is -1.95. The number of hydrogen-bond donors (Lipinski definition) is 0. The third-order valence-electron chi connectivity index (χ3n) is 28.2. The minimum absolute atomic E-state index is 1.12. The van der Waals surface area contributed by atoms with Gasteiger partial charge in [0, 0.05) is 76.6 Å². The maximum Gasteiger partial charge on any atom is 0.0619 e. The van der Waals surface area contributed by atoms with Crippen molar-refractivity contribution in [2.45, 2.75) is 0 Å². The molecule has 0 saturated heterocycles. The van der Waals surface area contributed by atoms with E-state index in [0.717, 1.165) is 22.7 Å². The van der Waals surface area contributed by atoms with E-state index in [1.807, 2.05) is 0 Å². The Balaban J connectivity index is 0.470. The van der Waals surface area contributed by atoms with Crippen molar-refractivity contribution in [3.8, 4) is 145 Å². The molecular formula is C124H74N4. The Bertz CT molecular complexity index is 9300. The molecule has 0 unspecified atom stereocenters. The zero-order valence-electron chi connectivity index (χ0n) is 69.5. The molecule has 2 aliphatic carbocycles.